The van der Waals surface area contributed by atoms with Gasteiger partial charge >= 0.3 is 0 Å². The molecule has 0 saturated heterocycles. The fourth-order valence-electron chi connectivity index (χ4n) is 1.97. The second kappa shape index (κ2) is 6.58. The molecule has 0 radical (unpaired) electrons. The fraction of sp³-hybridized carbons (Fsp3) is 0.538. The van der Waals surface area contributed by atoms with Crippen LogP contribution in [-0.2, 0) is 6.54 Å². The predicted octanol–water partition coefficient (Wildman–Crippen LogP) is 2.37. The topological polar surface area (TPSA) is 75.4 Å². The smallest absolute Gasteiger partial charge is 0.274 e. The Morgan fingerprint density at radius 3 is 2.79 bits per heavy atom. The summed E-state index contributed by atoms with van der Waals surface area (Å²) in [5, 5.41) is 23.7. The third-order valence-electron chi connectivity index (χ3n) is 2.85. The van der Waals surface area contributed by atoms with Gasteiger partial charge < -0.3 is 10.4 Å². The maximum absolute atomic E-state index is 13.1. The average Bonchev–Trinajstić information content (AvgIpc) is 2.28. The molecule has 0 aromatic heterocycles. The number of hydrogen-bond acceptors (Lipinski definition) is 4. The van der Waals surface area contributed by atoms with Crippen molar-refractivity contribution in [2.45, 2.75) is 38.8 Å². The molecule has 1 atom stereocenters. The molecular weight excluding hydrogens is 251 g/mol. The molecular formula is C13H19FN2O3. The maximum Gasteiger partial charge on any atom is 0.274 e. The number of aliphatic hydroxyl groups is 1. The SMILES string of the molecule is CCCC(C)(O)CNCc1cc(F)ccc1[N+](=O)[O-]. The van der Waals surface area contributed by atoms with E-state index in [-0.39, 0.29) is 17.8 Å². The van der Waals surface area contributed by atoms with Crippen LogP contribution in [0, 0.1) is 15.9 Å². The number of nitrogens with zero attached hydrogens (tertiary/aromatic N) is 1. The van der Waals surface area contributed by atoms with Gasteiger partial charge in [0.25, 0.3) is 5.69 Å². The first-order valence-electron chi connectivity index (χ1n) is 6.21. The van der Waals surface area contributed by atoms with E-state index in [1.165, 1.54) is 0 Å². The predicted molar refractivity (Wildman–Crippen MR) is 70.3 cm³/mol. The van der Waals surface area contributed by atoms with Gasteiger partial charge in [-0.05, 0) is 25.5 Å². The van der Waals surface area contributed by atoms with Crippen molar-refractivity contribution in [3.63, 3.8) is 0 Å². The molecule has 5 nitrogen and oxygen atoms in total. The van der Waals surface area contributed by atoms with Gasteiger partial charge in [-0.1, -0.05) is 13.3 Å². The molecule has 106 valence electrons. The molecule has 0 heterocycles. The quantitative estimate of drug-likeness (QED) is 0.589. The van der Waals surface area contributed by atoms with Crippen LogP contribution in [0.2, 0.25) is 0 Å². The highest BCUT2D eigenvalue weighted by molar-refractivity contribution is 5.40. The molecule has 1 rings (SSSR count). The lowest BCUT2D eigenvalue weighted by atomic mass is 10.0. The van der Waals surface area contributed by atoms with Gasteiger partial charge in [0, 0.05) is 24.7 Å². The van der Waals surface area contributed by atoms with Crippen LogP contribution >= 0.6 is 0 Å². The third kappa shape index (κ3) is 4.92. The van der Waals surface area contributed by atoms with Gasteiger partial charge in [0.05, 0.1) is 10.5 Å². The van der Waals surface area contributed by atoms with E-state index in [4.69, 9.17) is 0 Å². The summed E-state index contributed by atoms with van der Waals surface area (Å²) in [6.45, 7) is 4.11. The van der Waals surface area contributed by atoms with Gasteiger partial charge in [0.15, 0.2) is 0 Å². The fourth-order valence-corrected chi connectivity index (χ4v) is 1.97. The number of nitro benzene ring substituents is 1. The van der Waals surface area contributed by atoms with Crippen LogP contribution in [0.25, 0.3) is 0 Å². The molecule has 0 aliphatic rings. The van der Waals surface area contributed by atoms with Gasteiger partial charge in [0.1, 0.15) is 5.82 Å². The first-order valence-corrected chi connectivity index (χ1v) is 6.21. The molecule has 2 N–H and O–H groups in total. The van der Waals surface area contributed by atoms with Crippen LogP contribution < -0.4 is 5.32 Å². The van der Waals surface area contributed by atoms with Crippen LogP contribution in [-0.4, -0.2) is 22.2 Å². The highest BCUT2D eigenvalue weighted by Crippen LogP contribution is 2.19. The van der Waals surface area contributed by atoms with Crippen molar-refractivity contribution in [1.29, 1.82) is 0 Å². The Kier molecular flexibility index (Phi) is 5.38. The number of rotatable bonds is 7. The maximum atomic E-state index is 13.1. The zero-order valence-electron chi connectivity index (χ0n) is 11.1. The van der Waals surface area contributed by atoms with Gasteiger partial charge in [-0.2, -0.15) is 0 Å². The zero-order valence-corrected chi connectivity index (χ0v) is 11.1. The lowest BCUT2D eigenvalue weighted by molar-refractivity contribution is -0.385. The molecule has 0 saturated carbocycles. The molecule has 0 aliphatic carbocycles. The minimum atomic E-state index is -0.864. The lowest BCUT2D eigenvalue weighted by Crippen LogP contribution is -2.37. The molecule has 1 aromatic carbocycles. The van der Waals surface area contributed by atoms with Crippen molar-refractivity contribution in [1.82, 2.24) is 5.32 Å². The summed E-state index contributed by atoms with van der Waals surface area (Å²) in [5.41, 5.74) is -0.710. The van der Waals surface area contributed by atoms with Crippen molar-refractivity contribution in [2.24, 2.45) is 0 Å². The van der Waals surface area contributed by atoms with Crippen molar-refractivity contribution in [2.75, 3.05) is 6.54 Å². The van der Waals surface area contributed by atoms with Crippen molar-refractivity contribution in [3.05, 3.63) is 39.7 Å². The van der Waals surface area contributed by atoms with E-state index in [2.05, 4.69) is 5.32 Å². The summed E-state index contributed by atoms with van der Waals surface area (Å²) in [7, 11) is 0. The van der Waals surface area contributed by atoms with Crippen LogP contribution in [0.1, 0.15) is 32.3 Å². The van der Waals surface area contributed by atoms with E-state index in [1.54, 1.807) is 6.92 Å². The highest BCUT2D eigenvalue weighted by atomic mass is 19.1. The summed E-state index contributed by atoms with van der Waals surface area (Å²) in [6, 6.07) is 3.35. The third-order valence-corrected chi connectivity index (χ3v) is 2.85. The minimum Gasteiger partial charge on any atom is -0.389 e. The Morgan fingerprint density at radius 1 is 1.53 bits per heavy atom. The van der Waals surface area contributed by atoms with Gasteiger partial charge in [-0.15, -0.1) is 0 Å². The van der Waals surface area contributed by atoms with E-state index in [0.29, 0.717) is 13.0 Å². The Balaban J connectivity index is 2.67. The number of nitrogens with one attached hydrogen (secondary N) is 1. The average molecular weight is 270 g/mol. The molecule has 1 unspecified atom stereocenters. The zero-order chi connectivity index (χ0) is 14.5. The summed E-state index contributed by atoms with van der Waals surface area (Å²) in [4.78, 5) is 10.3. The van der Waals surface area contributed by atoms with E-state index >= 15 is 0 Å². The highest BCUT2D eigenvalue weighted by Gasteiger charge is 2.19. The molecule has 1 aromatic rings. The van der Waals surface area contributed by atoms with Crippen molar-refractivity contribution < 1.29 is 14.4 Å². The number of halogens is 1. The van der Waals surface area contributed by atoms with Crippen LogP contribution in [0.15, 0.2) is 18.2 Å². The van der Waals surface area contributed by atoms with Gasteiger partial charge in [-0.3, -0.25) is 10.1 Å². The lowest BCUT2D eigenvalue weighted by Gasteiger charge is -2.23. The number of benzene rings is 1. The largest absolute Gasteiger partial charge is 0.389 e. The van der Waals surface area contributed by atoms with E-state index < -0.39 is 16.3 Å². The van der Waals surface area contributed by atoms with Gasteiger partial charge in [-0.25, -0.2) is 4.39 Å². The normalized spacial score (nSPS) is 14.1. The Morgan fingerprint density at radius 2 is 2.21 bits per heavy atom. The van der Waals surface area contributed by atoms with Gasteiger partial charge in [0.2, 0.25) is 0 Å². The molecule has 0 aliphatic heterocycles. The second-order valence-corrected chi connectivity index (χ2v) is 4.88. The molecule has 0 fully saturated rings. The van der Waals surface area contributed by atoms with E-state index in [1.807, 2.05) is 6.92 Å². The molecule has 19 heavy (non-hydrogen) atoms. The van der Waals surface area contributed by atoms with Crippen LogP contribution in [0.5, 0.6) is 0 Å². The monoisotopic (exact) mass is 270 g/mol. The number of nitro groups is 1. The number of hydrogen-bond donors (Lipinski definition) is 2. The summed E-state index contributed by atoms with van der Waals surface area (Å²) in [5.74, 6) is -0.511. The first-order chi connectivity index (χ1) is 8.85. The Labute approximate surface area is 111 Å². The van der Waals surface area contributed by atoms with Crippen molar-refractivity contribution >= 4 is 5.69 Å². The first kappa shape index (κ1) is 15.5. The van der Waals surface area contributed by atoms with E-state index in [9.17, 15) is 19.6 Å². The molecule has 6 heteroatoms. The molecule has 0 bridgehead atoms. The molecule has 0 amide bonds. The molecule has 0 spiro atoms. The van der Waals surface area contributed by atoms with Crippen molar-refractivity contribution in [3.8, 4) is 0 Å². The van der Waals surface area contributed by atoms with Crippen LogP contribution in [0.4, 0.5) is 10.1 Å². The standard InChI is InChI=1S/C13H19FN2O3/c1-3-6-13(2,17)9-15-8-10-7-11(14)4-5-12(10)16(18)19/h4-5,7,15,17H,3,6,8-9H2,1-2H3. The summed E-state index contributed by atoms with van der Waals surface area (Å²) < 4.78 is 13.1. The second-order valence-electron chi connectivity index (χ2n) is 4.88. The van der Waals surface area contributed by atoms with Crippen LogP contribution in [0.3, 0.4) is 0 Å². The Bertz CT molecular complexity index is 450. The van der Waals surface area contributed by atoms with E-state index in [0.717, 1.165) is 24.6 Å². The summed E-state index contributed by atoms with van der Waals surface area (Å²) in [6.07, 6.45) is 1.47. The summed E-state index contributed by atoms with van der Waals surface area (Å²) >= 11 is 0. The Hall–Kier alpha value is -1.53. The minimum absolute atomic E-state index is 0.121.